The van der Waals surface area contributed by atoms with Gasteiger partial charge in [-0.2, -0.15) is 0 Å². The number of nitrogens with zero attached hydrogens (tertiary/aromatic N) is 3. The summed E-state index contributed by atoms with van der Waals surface area (Å²) >= 11 is 0. The Morgan fingerprint density at radius 3 is 2.83 bits per heavy atom. The molecule has 1 aromatic carbocycles. The van der Waals surface area contributed by atoms with E-state index in [1.165, 1.54) is 12.8 Å². The summed E-state index contributed by atoms with van der Waals surface area (Å²) in [7, 11) is 2.01. The Hall–Kier alpha value is -2.17. The van der Waals surface area contributed by atoms with Crippen molar-refractivity contribution >= 4 is 22.8 Å². The van der Waals surface area contributed by atoms with Gasteiger partial charge in [0.05, 0.1) is 22.8 Å². The minimum atomic E-state index is -0.946. The highest BCUT2D eigenvalue weighted by Crippen LogP contribution is 2.29. The Labute approximate surface area is 104 Å². The van der Waals surface area contributed by atoms with Gasteiger partial charge in [-0.15, -0.1) is 0 Å². The van der Waals surface area contributed by atoms with Crippen LogP contribution in [0.4, 0.5) is 5.82 Å². The molecule has 18 heavy (non-hydrogen) atoms. The molecule has 1 aromatic heterocycles. The van der Waals surface area contributed by atoms with Gasteiger partial charge in [0.2, 0.25) is 0 Å². The van der Waals surface area contributed by atoms with Crippen molar-refractivity contribution < 1.29 is 9.90 Å². The smallest absolute Gasteiger partial charge is 0.335 e. The van der Waals surface area contributed by atoms with E-state index in [4.69, 9.17) is 5.11 Å². The van der Waals surface area contributed by atoms with E-state index in [0.29, 0.717) is 11.6 Å². The molecule has 0 spiro atoms. The van der Waals surface area contributed by atoms with E-state index in [2.05, 4.69) is 14.9 Å². The molecule has 3 rings (SSSR count). The number of aromatic nitrogens is 2. The maximum Gasteiger partial charge on any atom is 0.335 e. The van der Waals surface area contributed by atoms with Crippen molar-refractivity contribution in [2.24, 2.45) is 0 Å². The first-order valence-corrected chi connectivity index (χ1v) is 5.88. The fraction of sp³-hybridized carbons (Fsp3) is 0.308. The van der Waals surface area contributed by atoms with Gasteiger partial charge >= 0.3 is 5.97 Å². The minimum absolute atomic E-state index is 0.236. The minimum Gasteiger partial charge on any atom is -0.478 e. The third-order valence-corrected chi connectivity index (χ3v) is 3.23. The van der Waals surface area contributed by atoms with Crippen molar-refractivity contribution in [3.63, 3.8) is 0 Å². The molecule has 1 saturated carbocycles. The number of aromatic carboxylic acids is 1. The largest absolute Gasteiger partial charge is 0.478 e. The molecule has 92 valence electrons. The normalized spacial score (nSPS) is 14.7. The number of carboxylic acids is 1. The van der Waals surface area contributed by atoms with Crippen LogP contribution in [-0.2, 0) is 0 Å². The molecule has 1 fully saturated rings. The highest BCUT2D eigenvalue weighted by molar-refractivity contribution is 5.92. The quantitative estimate of drug-likeness (QED) is 0.892. The molecule has 1 heterocycles. The van der Waals surface area contributed by atoms with Crippen molar-refractivity contribution in [3.8, 4) is 0 Å². The molecule has 0 unspecified atom stereocenters. The highest BCUT2D eigenvalue weighted by Gasteiger charge is 2.27. The fourth-order valence-electron chi connectivity index (χ4n) is 1.95. The Kier molecular flexibility index (Phi) is 2.40. The second kappa shape index (κ2) is 3.94. The average molecular weight is 243 g/mol. The van der Waals surface area contributed by atoms with Crippen LogP contribution in [0.25, 0.3) is 11.0 Å². The zero-order valence-corrected chi connectivity index (χ0v) is 10.00. The van der Waals surface area contributed by atoms with Gasteiger partial charge in [0.25, 0.3) is 0 Å². The number of benzene rings is 1. The Morgan fingerprint density at radius 1 is 1.39 bits per heavy atom. The fourth-order valence-corrected chi connectivity index (χ4v) is 1.95. The van der Waals surface area contributed by atoms with E-state index >= 15 is 0 Å². The Balaban J connectivity index is 2.02. The van der Waals surface area contributed by atoms with E-state index in [0.717, 1.165) is 11.3 Å². The van der Waals surface area contributed by atoms with E-state index < -0.39 is 5.97 Å². The van der Waals surface area contributed by atoms with Crippen molar-refractivity contribution in [3.05, 3.63) is 30.0 Å². The van der Waals surface area contributed by atoms with E-state index in [-0.39, 0.29) is 5.56 Å². The van der Waals surface area contributed by atoms with E-state index in [1.54, 1.807) is 24.4 Å². The van der Waals surface area contributed by atoms with Crippen molar-refractivity contribution in [2.75, 3.05) is 11.9 Å². The first kappa shape index (κ1) is 11.0. The Bertz CT molecular complexity index is 623. The lowest BCUT2D eigenvalue weighted by molar-refractivity contribution is 0.0697. The van der Waals surface area contributed by atoms with Crippen LogP contribution >= 0.6 is 0 Å². The van der Waals surface area contributed by atoms with Crippen molar-refractivity contribution in [1.82, 2.24) is 9.97 Å². The molecule has 0 bridgehead atoms. The molecular formula is C13H13N3O2. The molecule has 1 N–H and O–H groups in total. The van der Waals surface area contributed by atoms with Crippen LogP contribution in [-0.4, -0.2) is 34.1 Å². The number of carbonyl (C=O) groups is 1. The van der Waals surface area contributed by atoms with Crippen LogP contribution in [0.15, 0.2) is 24.4 Å². The molecule has 1 aliphatic carbocycles. The van der Waals surface area contributed by atoms with E-state index in [9.17, 15) is 4.79 Å². The summed E-state index contributed by atoms with van der Waals surface area (Å²) in [6.07, 6.45) is 4.11. The lowest BCUT2D eigenvalue weighted by Gasteiger charge is -2.16. The number of anilines is 1. The molecule has 2 aromatic rings. The molecule has 5 heteroatoms. The SMILES string of the molecule is CN(c1cnc2cc(C(=O)O)ccc2n1)C1CC1. The van der Waals surface area contributed by atoms with Crippen molar-refractivity contribution in [2.45, 2.75) is 18.9 Å². The standard InChI is InChI=1S/C13H13N3O2/c1-16(9-3-4-9)12-7-14-11-6-8(13(17)18)2-5-10(11)15-12/h2,5-7,9H,3-4H2,1H3,(H,17,18). The molecule has 0 radical (unpaired) electrons. The van der Waals surface area contributed by atoms with Crippen LogP contribution in [0.2, 0.25) is 0 Å². The molecule has 5 nitrogen and oxygen atoms in total. The summed E-state index contributed by atoms with van der Waals surface area (Å²) in [4.78, 5) is 21.8. The van der Waals surface area contributed by atoms with Gasteiger partial charge in [0, 0.05) is 13.1 Å². The molecule has 0 amide bonds. The third kappa shape index (κ3) is 1.88. The predicted octanol–water partition coefficient (Wildman–Crippen LogP) is 1.93. The first-order chi connectivity index (χ1) is 8.65. The average Bonchev–Trinajstić information content (AvgIpc) is 3.20. The van der Waals surface area contributed by atoms with Gasteiger partial charge in [0.15, 0.2) is 0 Å². The number of carboxylic acid groups (broad SMARTS) is 1. The number of fused-ring (bicyclic) bond motifs is 1. The van der Waals surface area contributed by atoms with Gasteiger partial charge in [-0.25, -0.2) is 9.78 Å². The Morgan fingerprint density at radius 2 is 2.17 bits per heavy atom. The summed E-state index contributed by atoms with van der Waals surface area (Å²) in [5.41, 5.74) is 1.58. The van der Waals surface area contributed by atoms with Crippen LogP contribution in [0.3, 0.4) is 0 Å². The molecule has 0 atom stereocenters. The monoisotopic (exact) mass is 243 g/mol. The van der Waals surface area contributed by atoms with Crippen LogP contribution in [0, 0.1) is 0 Å². The lowest BCUT2D eigenvalue weighted by atomic mass is 10.2. The van der Waals surface area contributed by atoms with E-state index in [1.807, 2.05) is 7.05 Å². The molecule has 0 saturated heterocycles. The highest BCUT2D eigenvalue weighted by atomic mass is 16.4. The summed E-state index contributed by atoms with van der Waals surface area (Å²) in [5.74, 6) is -0.106. The van der Waals surface area contributed by atoms with Gasteiger partial charge in [0.1, 0.15) is 5.82 Å². The summed E-state index contributed by atoms with van der Waals surface area (Å²) < 4.78 is 0. The molecule has 0 aliphatic heterocycles. The van der Waals surface area contributed by atoms with Crippen LogP contribution < -0.4 is 4.90 Å². The number of hydrogen-bond donors (Lipinski definition) is 1. The summed E-state index contributed by atoms with van der Waals surface area (Å²) in [6.45, 7) is 0. The number of hydrogen-bond acceptors (Lipinski definition) is 4. The van der Waals surface area contributed by atoms with Gasteiger partial charge in [-0.1, -0.05) is 0 Å². The molecular weight excluding hydrogens is 230 g/mol. The second-order valence-corrected chi connectivity index (χ2v) is 4.58. The zero-order valence-electron chi connectivity index (χ0n) is 10.00. The van der Waals surface area contributed by atoms with Gasteiger partial charge < -0.3 is 10.0 Å². The predicted molar refractivity (Wildman–Crippen MR) is 67.9 cm³/mol. The topological polar surface area (TPSA) is 66.3 Å². The van der Waals surface area contributed by atoms with Crippen molar-refractivity contribution in [1.29, 1.82) is 0 Å². The molecule has 1 aliphatic rings. The van der Waals surface area contributed by atoms with Crippen LogP contribution in [0.5, 0.6) is 0 Å². The zero-order chi connectivity index (χ0) is 12.7. The van der Waals surface area contributed by atoms with Gasteiger partial charge in [-0.3, -0.25) is 4.98 Å². The van der Waals surface area contributed by atoms with Gasteiger partial charge in [-0.05, 0) is 31.0 Å². The lowest BCUT2D eigenvalue weighted by Crippen LogP contribution is -2.20. The maximum absolute atomic E-state index is 10.9. The summed E-state index contributed by atoms with van der Waals surface area (Å²) in [6, 6.07) is 5.39. The number of rotatable bonds is 3. The van der Waals surface area contributed by atoms with Crippen LogP contribution in [0.1, 0.15) is 23.2 Å². The summed E-state index contributed by atoms with van der Waals surface area (Å²) in [5, 5.41) is 8.91. The third-order valence-electron chi connectivity index (χ3n) is 3.23. The first-order valence-electron chi connectivity index (χ1n) is 5.88. The second-order valence-electron chi connectivity index (χ2n) is 4.58. The maximum atomic E-state index is 10.9.